The number of nitrogens with one attached hydrogen (secondary N) is 1. The number of amides is 1. The molecule has 0 aliphatic carbocycles. The number of aromatic nitrogens is 2. The number of hydrogen-bond donors (Lipinski definition) is 1. The number of furan rings is 1. The molecule has 0 aliphatic heterocycles. The average Bonchev–Trinajstić information content (AvgIpc) is 3.39. The van der Waals surface area contributed by atoms with Crippen LogP contribution in [0.1, 0.15) is 21.8 Å². The zero-order valence-electron chi connectivity index (χ0n) is 16.1. The fourth-order valence-corrected chi connectivity index (χ4v) is 3.04. The topological polar surface area (TPSA) is 103 Å². The Labute approximate surface area is 171 Å². The fourth-order valence-electron chi connectivity index (χ4n) is 3.04. The quantitative estimate of drug-likeness (QED) is 0.383. The van der Waals surface area contributed by atoms with Crippen molar-refractivity contribution in [3.63, 3.8) is 0 Å². The SMILES string of the molecule is Cc1ccc(-c2cc(C(=O)NCc3ccccc3)n(-c3cccc([N+](=O)[O-])c3)n2)o1. The van der Waals surface area contributed by atoms with Crippen molar-refractivity contribution in [2.45, 2.75) is 13.5 Å². The van der Waals surface area contributed by atoms with Gasteiger partial charge in [0.25, 0.3) is 11.6 Å². The van der Waals surface area contributed by atoms with Gasteiger partial charge in [0, 0.05) is 24.7 Å². The third kappa shape index (κ3) is 3.97. The Morgan fingerprint density at radius 2 is 1.90 bits per heavy atom. The second kappa shape index (κ2) is 8.04. The van der Waals surface area contributed by atoms with E-state index in [0.717, 1.165) is 5.56 Å². The molecule has 2 heterocycles. The zero-order chi connectivity index (χ0) is 21.1. The molecular weight excluding hydrogens is 384 g/mol. The summed E-state index contributed by atoms with van der Waals surface area (Å²) in [5.74, 6) is 0.867. The van der Waals surface area contributed by atoms with E-state index in [4.69, 9.17) is 4.42 Å². The van der Waals surface area contributed by atoms with Crippen LogP contribution in [0.5, 0.6) is 0 Å². The number of aryl methyl sites for hydroxylation is 1. The molecule has 30 heavy (non-hydrogen) atoms. The Morgan fingerprint density at radius 1 is 1.10 bits per heavy atom. The van der Waals surface area contributed by atoms with E-state index in [9.17, 15) is 14.9 Å². The lowest BCUT2D eigenvalue weighted by Gasteiger charge is -2.08. The van der Waals surface area contributed by atoms with E-state index in [1.54, 1.807) is 30.3 Å². The van der Waals surface area contributed by atoms with Crippen LogP contribution >= 0.6 is 0 Å². The molecule has 8 heteroatoms. The van der Waals surface area contributed by atoms with Crippen LogP contribution in [-0.2, 0) is 6.54 Å². The largest absolute Gasteiger partial charge is 0.460 e. The average molecular weight is 402 g/mol. The Hall–Kier alpha value is -4.20. The van der Waals surface area contributed by atoms with E-state index in [1.807, 2.05) is 37.3 Å². The monoisotopic (exact) mass is 402 g/mol. The highest BCUT2D eigenvalue weighted by Crippen LogP contribution is 2.25. The minimum Gasteiger partial charge on any atom is -0.460 e. The Bertz CT molecular complexity index is 1210. The summed E-state index contributed by atoms with van der Waals surface area (Å²) in [4.78, 5) is 23.6. The first kappa shape index (κ1) is 19.1. The van der Waals surface area contributed by atoms with Gasteiger partial charge in [0.2, 0.25) is 0 Å². The number of nitro groups is 1. The van der Waals surface area contributed by atoms with Crippen molar-refractivity contribution < 1.29 is 14.1 Å². The number of benzene rings is 2. The van der Waals surface area contributed by atoms with E-state index in [0.29, 0.717) is 29.4 Å². The predicted octanol–water partition coefficient (Wildman–Crippen LogP) is 4.28. The fraction of sp³-hybridized carbons (Fsp3) is 0.0909. The third-order valence-electron chi connectivity index (χ3n) is 4.52. The lowest BCUT2D eigenvalue weighted by Crippen LogP contribution is -2.25. The minimum absolute atomic E-state index is 0.0889. The van der Waals surface area contributed by atoms with Crippen LogP contribution in [0.3, 0.4) is 0 Å². The summed E-state index contributed by atoms with van der Waals surface area (Å²) < 4.78 is 7.02. The standard InChI is InChI=1S/C22H18N4O4/c1-15-10-11-21(30-15)19-13-20(22(27)23-14-16-6-3-2-4-7-16)25(24-19)17-8-5-9-18(12-17)26(28)29/h2-13H,14H2,1H3,(H,23,27). The molecule has 0 aliphatic rings. The minimum atomic E-state index is -0.487. The molecular formula is C22H18N4O4. The van der Waals surface area contributed by atoms with E-state index in [1.165, 1.54) is 16.8 Å². The molecule has 2 aromatic carbocycles. The van der Waals surface area contributed by atoms with Gasteiger partial charge in [0.15, 0.2) is 5.76 Å². The van der Waals surface area contributed by atoms with Crippen molar-refractivity contribution >= 4 is 11.6 Å². The Kier molecular flexibility index (Phi) is 5.13. The lowest BCUT2D eigenvalue weighted by atomic mass is 10.2. The van der Waals surface area contributed by atoms with Crippen LogP contribution in [0.15, 0.2) is 77.2 Å². The van der Waals surface area contributed by atoms with Gasteiger partial charge in [0.05, 0.1) is 10.6 Å². The predicted molar refractivity (Wildman–Crippen MR) is 110 cm³/mol. The summed E-state index contributed by atoms with van der Waals surface area (Å²) in [6.07, 6.45) is 0. The summed E-state index contributed by atoms with van der Waals surface area (Å²) in [6.45, 7) is 2.16. The molecule has 8 nitrogen and oxygen atoms in total. The zero-order valence-corrected chi connectivity index (χ0v) is 16.1. The molecule has 1 N–H and O–H groups in total. The second-order valence-electron chi connectivity index (χ2n) is 6.68. The van der Waals surface area contributed by atoms with Crippen molar-refractivity contribution in [3.8, 4) is 17.1 Å². The van der Waals surface area contributed by atoms with Gasteiger partial charge in [-0.25, -0.2) is 4.68 Å². The van der Waals surface area contributed by atoms with E-state index >= 15 is 0 Å². The highest BCUT2D eigenvalue weighted by Gasteiger charge is 2.20. The van der Waals surface area contributed by atoms with Crippen molar-refractivity contribution in [1.82, 2.24) is 15.1 Å². The smallest absolute Gasteiger partial charge is 0.271 e. The van der Waals surface area contributed by atoms with Crippen LogP contribution in [-0.4, -0.2) is 20.6 Å². The molecule has 0 spiro atoms. The van der Waals surface area contributed by atoms with Gasteiger partial charge in [-0.2, -0.15) is 5.10 Å². The number of rotatable bonds is 6. The molecule has 0 saturated heterocycles. The van der Waals surface area contributed by atoms with E-state index < -0.39 is 4.92 Å². The molecule has 0 atom stereocenters. The molecule has 4 rings (SSSR count). The van der Waals surface area contributed by atoms with Crippen LogP contribution in [0, 0.1) is 17.0 Å². The van der Waals surface area contributed by atoms with Crippen LogP contribution < -0.4 is 5.32 Å². The van der Waals surface area contributed by atoms with Crippen molar-refractivity contribution in [1.29, 1.82) is 0 Å². The van der Waals surface area contributed by atoms with Crippen LogP contribution in [0.25, 0.3) is 17.1 Å². The molecule has 0 radical (unpaired) electrons. The molecule has 150 valence electrons. The maximum Gasteiger partial charge on any atom is 0.271 e. The van der Waals surface area contributed by atoms with E-state index in [2.05, 4.69) is 10.4 Å². The molecule has 0 fully saturated rings. The molecule has 0 bridgehead atoms. The van der Waals surface area contributed by atoms with Gasteiger partial charge in [-0.05, 0) is 30.7 Å². The third-order valence-corrected chi connectivity index (χ3v) is 4.52. The van der Waals surface area contributed by atoms with Gasteiger partial charge >= 0.3 is 0 Å². The molecule has 4 aromatic rings. The molecule has 1 amide bonds. The normalized spacial score (nSPS) is 10.7. The summed E-state index contributed by atoms with van der Waals surface area (Å²) >= 11 is 0. The summed E-state index contributed by atoms with van der Waals surface area (Å²) in [5.41, 5.74) is 1.97. The number of nitrogens with zero attached hydrogens (tertiary/aromatic N) is 3. The number of non-ortho nitro benzene ring substituents is 1. The van der Waals surface area contributed by atoms with Crippen molar-refractivity contribution in [3.05, 3.63) is 99.9 Å². The van der Waals surface area contributed by atoms with Gasteiger partial charge in [-0.3, -0.25) is 14.9 Å². The first-order valence-corrected chi connectivity index (χ1v) is 9.25. The van der Waals surface area contributed by atoms with Crippen molar-refractivity contribution in [2.24, 2.45) is 0 Å². The first-order chi connectivity index (χ1) is 14.5. The van der Waals surface area contributed by atoms with Crippen LogP contribution in [0.4, 0.5) is 5.69 Å². The van der Waals surface area contributed by atoms with Crippen molar-refractivity contribution in [2.75, 3.05) is 0 Å². The highest BCUT2D eigenvalue weighted by atomic mass is 16.6. The number of carbonyl (C=O) groups is 1. The highest BCUT2D eigenvalue weighted by molar-refractivity contribution is 5.94. The summed E-state index contributed by atoms with van der Waals surface area (Å²) in [6, 6.07) is 20.7. The van der Waals surface area contributed by atoms with Gasteiger partial charge in [-0.15, -0.1) is 0 Å². The summed E-state index contributed by atoms with van der Waals surface area (Å²) in [7, 11) is 0. The second-order valence-corrected chi connectivity index (χ2v) is 6.68. The van der Waals surface area contributed by atoms with Gasteiger partial charge in [-0.1, -0.05) is 36.4 Å². The Morgan fingerprint density at radius 3 is 2.60 bits per heavy atom. The van der Waals surface area contributed by atoms with Gasteiger partial charge in [0.1, 0.15) is 17.1 Å². The molecule has 0 saturated carbocycles. The molecule has 0 unspecified atom stereocenters. The maximum absolute atomic E-state index is 12.9. The molecule has 2 aromatic heterocycles. The maximum atomic E-state index is 12.9. The number of hydrogen-bond acceptors (Lipinski definition) is 5. The summed E-state index contributed by atoms with van der Waals surface area (Å²) in [5, 5.41) is 18.5. The van der Waals surface area contributed by atoms with Gasteiger partial charge < -0.3 is 9.73 Å². The lowest BCUT2D eigenvalue weighted by molar-refractivity contribution is -0.384. The number of carbonyl (C=O) groups excluding carboxylic acids is 1. The van der Waals surface area contributed by atoms with Crippen LogP contribution in [0.2, 0.25) is 0 Å². The first-order valence-electron chi connectivity index (χ1n) is 9.25. The van der Waals surface area contributed by atoms with E-state index in [-0.39, 0.29) is 17.3 Å². The Balaban J connectivity index is 1.72. The number of nitro benzene ring substituents is 1.